The van der Waals surface area contributed by atoms with Gasteiger partial charge in [0.25, 0.3) is 0 Å². The molecule has 0 bridgehead atoms. The molecule has 0 radical (unpaired) electrons. The van der Waals surface area contributed by atoms with E-state index < -0.39 is 0 Å². The van der Waals surface area contributed by atoms with E-state index in [-0.39, 0.29) is 5.84 Å². The largest absolute Gasteiger partial charge is 0.409 e. The molecule has 0 saturated carbocycles. The van der Waals surface area contributed by atoms with Crippen molar-refractivity contribution in [2.45, 2.75) is 32.7 Å². The normalized spacial score (nSPS) is 24.6. The molecular weight excluding hydrogens is 262 g/mol. The van der Waals surface area contributed by atoms with Crippen LogP contribution in [-0.4, -0.2) is 23.6 Å². The SMILES string of the molecule is CC1CCN(c2cccc(Cl)c2C(N)=NO)C(C)C1. The zero-order valence-electron chi connectivity index (χ0n) is 11.3. The summed E-state index contributed by atoms with van der Waals surface area (Å²) in [6.45, 7) is 5.44. The first-order valence-electron chi connectivity index (χ1n) is 6.57. The molecule has 2 unspecified atom stereocenters. The first-order valence-corrected chi connectivity index (χ1v) is 6.95. The Morgan fingerprint density at radius 3 is 2.84 bits per heavy atom. The number of rotatable bonds is 2. The van der Waals surface area contributed by atoms with Crippen LogP contribution in [0, 0.1) is 5.92 Å². The molecular formula is C14H20ClN3O. The van der Waals surface area contributed by atoms with Crippen molar-refractivity contribution < 1.29 is 5.21 Å². The Kier molecular flexibility index (Phi) is 4.20. The third-order valence-electron chi connectivity index (χ3n) is 3.80. The average molecular weight is 282 g/mol. The van der Waals surface area contributed by atoms with Gasteiger partial charge < -0.3 is 15.8 Å². The zero-order chi connectivity index (χ0) is 14.0. The molecule has 19 heavy (non-hydrogen) atoms. The molecule has 4 nitrogen and oxygen atoms in total. The van der Waals surface area contributed by atoms with Crippen molar-refractivity contribution in [1.29, 1.82) is 0 Å². The predicted octanol–water partition coefficient (Wildman–Crippen LogP) is 3.06. The lowest BCUT2D eigenvalue weighted by atomic mass is 9.92. The Morgan fingerprint density at radius 1 is 1.47 bits per heavy atom. The first-order chi connectivity index (χ1) is 9.04. The molecule has 1 saturated heterocycles. The van der Waals surface area contributed by atoms with Crippen molar-refractivity contribution in [2.24, 2.45) is 16.8 Å². The fourth-order valence-electron chi connectivity index (χ4n) is 2.82. The van der Waals surface area contributed by atoms with Gasteiger partial charge in [-0.1, -0.05) is 29.7 Å². The number of hydrogen-bond donors (Lipinski definition) is 2. The Balaban J connectivity index is 2.42. The Bertz CT molecular complexity index is 490. The van der Waals surface area contributed by atoms with E-state index in [2.05, 4.69) is 23.9 Å². The van der Waals surface area contributed by atoms with Gasteiger partial charge in [-0.2, -0.15) is 0 Å². The van der Waals surface area contributed by atoms with Gasteiger partial charge in [-0.3, -0.25) is 0 Å². The van der Waals surface area contributed by atoms with Gasteiger partial charge in [-0.05, 0) is 37.8 Å². The van der Waals surface area contributed by atoms with Gasteiger partial charge in [0.1, 0.15) is 0 Å². The van der Waals surface area contributed by atoms with E-state index in [1.165, 1.54) is 0 Å². The monoisotopic (exact) mass is 281 g/mol. The molecule has 0 amide bonds. The van der Waals surface area contributed by atoms with Crippen LogP contribution in [0.25, 0.3) is 0 Å². The maximum absolute atomic E-state index is 8.93. The Morgan fingerprint density at radius 2 is 2.21 bits per heavy atom. The van der Waals surface area contributed by atoms with Gasteiger partial charge in [0.05, 0.1) is 10.6 Å². The summed E-state index contributed by atoms with van der Waals surface area (Å²) in [7, 11) is 0. The molecule has 1 aliphatic heterocycles. The molecule has 1 aliphatic rings. The standard InChI is InChI=1S/C14H20ClN3O/c1-9-6-7-18(10(2)8-9)12-5-3-4-11(15)13(12)14(16)17-19/h3-5,9-10,19H,6-8H2,1-2H3,(H2,16,17). The van der Waals surface area contributed by atoms with Gasteiger partial charge in [0, 0.05) is 18.3 Å². The maximum Gasteiger partial charge on any atom is 0.173 e. The van der Waals surface area contributed by atoms with Crippen molar-refractivity contribution in [3.63, 3.8) is 0 Å². The van der Waals surface area contributed by atoms with Crippen LogP contribution in [0.4, 0.5) is 5.69 Å². The van der Waals surface area contributed by atoms with Gasteiger partial charge in [0.2, 0.25) is 0 Å². The summed E-state index contributed by atoms with van der Waals surface area (Å²) in [5.41, 5.74) is 7.33. The second kappa shape index (κ2) is 5.70. The van der Waals surface area contributed by atoms with E-state index in [1.54, 1.807) is 6.07 Å². The minimum absolute atomic E-state index is 0.0615. The van der Waals surface area contributed by atoms with Crippen molar-refractivity contribution >= 4 is 23.1 Å². The third-order valence-corrected chi connectivity index (χ3v) is 4.12. The molecule has 1 aromatic carbocycles. The molecule has 1 fully saturated rings. The van der Waals surface area contributed by atoms with Crippen molar-refractivity contribution in [2.75, 3.05) is 11.4 Å². The lowest BCUT2D eigenvalue weighted by molar-refractivity contribution is 0.318. The van der Waals surface area contributed by atoms with Crippen LogP contribution < -0.4 is 10.6 Å². The minimum atomic E-state index is 0.0615. The van der Waals surface area contributed by atoms with Crippen LogP contribution in [0.5, 0.6) is 0 Å². The third kappa shape index (κ3) is 2.78. The Hall–Kier alpha value is -1.42. The van der Waals surface area contributed by atoms with E-state index in [9.17, 15) is 0 Å². The van der Waals surface area contributed by atoms with Gasteiger partial charge in [0.15, 0.2) is 5.84 Å². The number of hydrogen-bond acceptors (Lipinski definition) is 3. The molecule has 0 aliphatic carbocycles. The highest BCUT2D eigenvalue weighted by molar-refractivity contribution is 6.34. The summed E-state index contributed by atoms with van der Waals surface area (Å²) in [5.74, 6) is 0.796. The summed E-state index contributed by atoms with van der Waals surface area (Å²) < 4.78 is 0. The maximum atomic E-state index is 8.93. The smallest absolute Gasteiger partial charge is 0.173 e. The molecule has 2 atom stereocenters. The highest BCUT2D eigenvalue weighted by atomic mass is 35.5. The average Bonchev–Trinajstić information content (AvgIpc) is 2.37. The summed E-state index contributed by atoms with van der Waals surface area (Å²) >= 11 is 6.20. The summed E-state index contributed by atoms with van der Waals surface area (Å²) in [4.78, 5) is 2.29. The number of halogens is 1. The van der Waals surface area contributed by atoms with Crippen LogP contribution >= 0.6 is 11.6 Å². The topological polar surface area (TPSA) is 61.8 Å². The van der Waals surface area contributed by atoms with Crippen LogP contribution in [0.15, 0.2) is 23.4 Å². The lowest BCUT2D eigenvalue weighted by Crippen LogP contribution is -2.41. The minimum Gasteiger partial charge on any atom is -0.409 e. The number of nitrogens with zero attached hydrogens (tertiary/aromatic N) is 2. The van der Waals surface area contributed by atoms with E-state index in [0.717, 1.165) is 31.0 Å². The number of piperidine rings is 1. The molecule has 0 spiro atoms. The molecule has 5 heteroatoms. The first kappa shape index (κ1) is 14.0. The van der Waals surface area contributed by atoms with Crippen LogP contribution in [0.2, 0.25) is 5.02 Å². The molecule has 104 valence electrons. The highest BCUT2D eigenvalue weighted by Gasteiger charge is 2.26. The number of anilines is 1. The lowest BCUT2D eigenvalue weighted by Gasteiger charge is -2.39. The van der Waals surface area contributed by atoms with E-state index >= 15 is 0 Å². The van der Waals surface area contributed by atoms with Crippen LogP contribution in [0.1, 0.15) is 32.3 Å². The number of benzene rings is 1. The fourth-order valence-corrected chi connectivity index (χ4v) is 3.09. The number of nitrogens with two attached hydrogens (primary N) is 1. The zero-order valence-corrected chi connectivity index (χ0v) is 12.1. The second-order valence-electron chi connectivity index (χ2n) is 5.29. The summed E-state index contributed by atoms with van der Waals surface area (Å²) in [6.07, 6.45) is 2.29. The number of amidine groups is 1. The molecule has 1 aromatic rings. The van der Waals surface area contributed by atoms with Crippen molar-refractivity contribution in [1.82, 2.24) is 0 Å². The van der Waals surface area contributed by atoms with E-state index in [0.29, 0.717) is 16.6 Å². The number of oxime groups is 1. The van der Waals surface area contributed by atoms with Gasteiger partial charge in [-0.15, -0.1) is 0 Å². The highest BCUT2D eigenvalue weighted by Crippen LogP contribution is 2.33. The Labute approximate surface area is 118 Å². The molecule has 1 heterocycles. The van der Waals surface area contributed by atoms with Gasteiger partial charge >= 0.3 is 0 Å². The van der Waals surface area contributed by atoms with E-state index in [4.69, 9.17) is 22.5 Å². The van der Waals surface area contributed by atoms with Crippen molar-refractivity contribution in [3.05, 3.63) is 28.8 Å². The fraction of sp³-hybridized carbons (Fsp3) is 0.500. The summed E-state index contributed by atoms with van der Waals surface area (Å²) in [6, 6.07) is 6.06. The second-order valence-corrected chi connectivity index (χ2v) is 5.70. The molecule has 3 N–H and O–H groups in total. The van der Waals surface area contributed by atoms with Crippen molar-refractivity contribution in [3.8, 4) is 0 Å². The summed E-state index contributed by atoms with van der Waals surface area (Å²) in [5, 5.41) is 12.5. The van der Waals surface area contributed by atoms with Crippen LogP contribution in [-0.2, 0) is 0 Å². The predicted molar refractivity (Wildman–Crippen MR) is 79.2 cm³/mol. The quantitative estimate of drug-likeness (QED) is 0.379. The molecule has 2 rings (SSSR count). The molecule has 0 aromatic heterocycles. The van der Waals surface area contributed by atoms with Gasteiger partial charge in [-0.25, -0.2) is 0 Å². The van der Waals surface area contributed by atoms with Crippen LogP contribution in [0.3, 0.4) is 0 Å². The van der Waals surface area contributed by atoms with E-state index in [1.807, 2.05) is 12.1 Å².